The zero-order chi connectivity index (χ0) is 19.7. The average molecular weight is 370 g/mol. The van der Waals surface area contributed by atoms with Gasteiger partial charge in [0.15, 0.2) is 0 Å². The number of aliphatic hydroxyl groups is 2. The van der Waals surface area contributed by atoms with E-state index < -0.39 is 22.9 Å². The third-order valence-electron chi connectivity index (χ3n) is 5.04. The van der Waals surface area contributed by atoms with Gasteiger partial charge in [0.2, 0.25) is 0 Å². The van der Waals surface area contributed by atoms with Gasteiger partial charge in [-0.25, -0.2) is 4.98 Å². The van der Waals surface area contributed by atoms with Crippen LogP contribution in [0.3, 0.4) is 0 Å². The summed E-state index contributed by atoms with van der Waals surface area (Å²) in [4.78, 5) is 4.38. The highest BCUT2D eigenvalue weighted by molar-refractivity contribution is 5.82. The van der Waals surface area contributed by atoms with Gasteiger partial charge in [0.25, 0.3) is 0 Å². The summed E-state index contributed by atoms with van der Waals surface area (Å²) in [6, 6.07) is 2.51. The fourth-order valence-electron chi connectivity index (χ4n) is 3.73. The molecule has 1 aromatic carbocycles. The zero-order valence-corrected chi connectivity index (χ0v) is 15.6. The van der Waals surface area contributed by atoms with Gasteiger partial charge in [-0.1, -0.05) is 13.8 Å². The van der Waals surface area contributed by atoms with E-state index in [0.717, 1.165) is 0 Å². The smallest absolute Gasteiger partial charge is 0.390 e. The molecule has 0 atom stereocenters. The maximum Gasteiger partial charge on any atom is 0.418 e. The first kappa shape index (κ1) is 19.2. The van der Waals surface area contributed by atoms with Gasteiger partial charge < -0.3 is 14.8 Å². The van der Waals surface area contributed by atoms with E-state index in [1.165, 1.54) is 24.5 Å². The number of halogens is 3. The second-order valence-corrected chi connectivity index (χ2v) is 8.51. The van der Waals surface area contributed by atoms with Crippen LogP contribution in [0.1, 0.15) is 76.4 Å². The molecule has 0 amide bonds. The van der Waals surface area contributed by atoms with Crippen molar-refractivity contribution in [3.05, 3.63) is 29.1 Å². The molecular formula is C19H25F3N2O2. The molecule has 7 heteroatoms. The molecule has 0 bridgehead atoms. The van der Waals surface area contributed by atoms with Gasteiger partial charge in [-0.05, 0) is 57.2 Å². The summed E-state index contributed by atoms with van der Waals surface area (Å²) in [5.74, 6) is 0.111. The van der Waals surface area contributed by atoms with Crippen LogP contribution in [0.5, 0.6) is 0 Å². The van der Waals surface area contributed by atoms with E-state index in [-0.39, 0.29) is 28.8 Å². The topological polar surface area (TPSA) is 58.3 Å². The Morgan fingerprint density at radius 1 is 1.23 bits per heavy atom. The van der Waals surface area contributed by atoms with Gasteiger partial charge in [-0.3, -0.25) is 0 Å². The van der Waals surface area contributed by atoms with Crippen molar-refractivity contribution in [2.75, 3.05) is 0 Å². The van der Waals surface area contributed by atoms with Crippen LogP contribution in [-0.4, -0.2) is 25.4 Å². The molecule has 0 saturated heterocycles. The number of fused-ring (bicyclic) bond motifs is 1. The van der Waals surface area contributed by atoms with Crippen LogP contribution < -0.4 is 0 Å². The molecule has 1 aliphatic carbocycles. The van der Waals surface area contributed by atoms with E-state index in [2.05, 4.69) is 4.98 Å². The maximum atomic E-state index is 13.8. The highest BCUT2D eigenvalue weighted by Crippen LogP contribution is 2.47. The largest absolute Gasteiger partial charge is 0.418 e. The molecule has 4 nitrogen and oxygen atoms in total. The van der Waals surface area contributed by atoms with E-state index in [9.17, 15) is 23.4 Å². The fourth-order valence-corrected chi connectivity index (χ4v) is 3.73. The number of hydrogen-bond donors (Lipinski definition) is 2. The van der Waals surface area contributed by atoms with E-state index in [1.807, 2.05) is 13.8 Å². The van der Waals surface area contributed by atoms with E-state index >= 15 is 0 Å². The average Bonchev–Trinajstić information content (AvgIpc) is 2.81. The Hall–Kier alpha value is -1.60. The summed E-state index contributed by atoms with van der Waals surface area (Å²) < 4.78 is 43.0. The van der Waals surface area contributed by atoms with Crippen LogP contribution >= 0.6 is 0 Å². The number of imidazole rings is 1. The molecule has 0 unspecified atom stereocenters. The third kappa shape index (κ3) is 3.22. The summed E-state index contributed by atoms with van der Waals surface area (Å²) in [7, 11) is 0. The lowest BCUT2D eigenvalue weighted by atomic mass is 9.76. The molecular weight excluding hydrogens is 345 g/mol. The van der Waals surface area contributed by atoms with Crippen molar-refractivity contribution in [3.63, 3.8) is 0 Å². The number of aromatic nitrogens is 2. The predicted molar refractivity (Wildman–Crippen MR) is 93.0 cm³/mol. The van der Waals surface area contributed by atoms with Gasteiger partial charge in [0.05, 0.1) is 22.2 Å². The monoisotopic (exact) mass is 370 g/mol. The molecule has 0 radical (unpaired) electrons. The van der Waals surface area contributed by atoms with Crippen LogP contribution in [0.15, 0.2) is 12.1 Å². The first-order valence-electron chi connectivity index (χ1n) is 8.79. The molecule has 3 rings (SSSR count). The first-order chi connectivity index (χ1) is 11.7. The summed E-state index contributed by atoms with van der Waals surface area (Å²) in [5.41, 5.74) is -2.28. The maximum absolute atomic E-state index is 13.8. The Bertz CT molecular complexity index is 837. The summed E-state index contributed by atoms with van der Waals surface area (Å²) in [6.07, 6.45) is -3.89. The van der Waals surface area contributed by atoms with Gasteiger partial charge >= 0.3 is 6.18 Å². The highest BCUT2D eigenvalue weighted by atomic mass is 19.4. The summed E-state index contributed by atoms with van der Waals surface area (Å²) in [6.45, 7) is 8.35. The van der Waals surface area contributed by atoms with Gasteiger partial charge in [0, 0.05) is 6.04 Å². The minimum atomic E-state index is -4.54. The van der Waals surface area contributed by atoms with Gasteiger partial charge in [0.1, 0.15) is 11.4 Å². The molecule has 26 heavy (non-hydrogen) atoms. The van der Waals surface area contributed by atoms with Crippen molar-refractivity contribution in [2.24, 2.45) is 0 Å². The van der Waals surface area contributed by atoms with Crippen LogP contribution in [0, 0.1) is 0 Å². The highest BCUT2D eigenvalue weighted by Gasteiger charge is 2.44. The van der Waals surface area contributed by atoms with Crippen molar-refractivity contribution in [1.29, 1.82) is 0 Å². The Balaban J connectivity index is 2.35. The van der Waals surface area contributed by atoms with Crippen molar-refractivity contribution < 1.29 is 23.4 Å². The molecule has 144 valence electrons. The van der Waals surface area contributed by atoms with E-state index in [0.29, 0.717) is 18.4 Å². The Kier molecular flexibility index (Phi) is 4.20. The van der Waals surface area contributed by atoms with Gasteiger partial charge in [-0.2, -0.15) is 13.2 Å². The lowest BCUT2D eigenvalue weighted by Crippen LogP contribution is -2.43. The molecule has 1 aliphatic rings. The molecule has 1 saturated carbocycles. The van der Waals surface area contributed by atoms with Crippen LogP contribution in [0.25, 0.3) is 11.0 Å². The van der Waals surface area contributed by atoms with Crippen LogP contribution in [-0.2, 0) is 11.8 Å². The quantitative estimate of drug-likeness (QED) is 0.837. The van der Waals surface area contributed by atoms with Crippen molar-refractivity contribution in [3.8, 4) is 0 Å². The Labute approximate surface area is 150 Å². The number of hydrogen-bond acceptors (Lipinski definition) is 3. The molecule has 1 fully saturated rings. The number of benzene rings is 1. The molecule has 2 N–H and O–H groups in total. The second-order valence-electron chi connectivity index (χ2n) is 8.51. The number of nitrogens with zero attached hydrogens (tertiary/aromatic N) is 2. The Morgan fingerprint density at radius 3 is 2.23 bits per heavy atom. The van der Waals surface area contributed by atoms with Crippen molar-refractivity contribution in [2.45, 2.75) is 76.8 Å². The minimum absolute atomic E-state index is 0.0143. The molecule has 0 spiro atoms. The molecule has 1 heterocycles. The predicted octanol–water partition coefficient (Wildman–Crippen LogP) is 4.49. The number of rotatable bonds is 3. The number of alkyl halides is 3. The normalized spacial score (nSPS) is 24.3. The van der Waals surface area contributed by atoms with Gasteiger partial charge in [-0.15, -0.1) is 0 Å². The lowest BCUT2D eigenvalue weighted by molar-refractivity contribution is -0.136. The minimum Gasteiger partial charge on any atom is -0.390 e. The first-order valence-corrected chi connectivity index (χ1v) is 8.79. The van der Waals surface area contributed by atoms with E-state index in [1.54, 1.807) is 13.0 Å². The lowest BCUT2D eigenvalue weighted by Gasteiger charge is -2.43. The van der Waals surface area contributed by atoms with Crippen LogP contribution in [0.4, 0.5) is 13.2 Å². The fraction of sp³-hybridized carbons (Fsp3) is 0.632. The second kappa shape index (κ2) is 5.70. The molecule has 2 aromatic rings. The SMILES string of the molecule is CC(C)c1cc(C(F)(F)F)c2c(c1)nc(C(C)(C)O)n2C1CC(C)(O)C1. The van der Waals surface area contributed by atoms with E-state index in [4.69, 9.17) is 0 Å². The molecule has 0 aliphatic heterocycles. The zero-order valence-electron chi connectivity index (χ0n) is 15.6. The van der Waals surface area contributed by atoms with Crippen LogP contribution in [0.2, 0.25) is 0 Å². The summed E-state index contributed by atoms with van der Waals surface area (Å²) in [5, 5.41) is 20.6. The van der Waals surface area contributed by atoms with Crippen molar-refractivity contribution >= 4 is 11.0 Å². The summed E-state index contributed by atoms with van der Waals surface area (Å²) >= 11 is 0. The standard InChI is InChI=1S/C19H25F3N2O2/c1-10(2)11-6-13(19(20,21)22)15-14(7-11)23-16(17(3,4)25)24(15)12-8-18(5,26)9-12/h6-7,10,12,25-26H,8-9H2,1-5H3. The third-order valence-corrected chi connectivity index (χ3v) is 5.04. The molecule has 1 aromatic heterocycles. The van der Waals surface area contributed by atoms with Crippen molar-refractivity contribution in [1.82, 2.24) is 9.55 Å². The Morgan fingerprint density at radius 2 is 1.81 bits per heavy atom.